The molecule has 0 aromatic heterocycles. The van der Waals surface area contributed by atoms with Crippen LogP contribution >= 0.6 is 0 Å². The zero-order valence-corrected chi connectivity index (χ0v) is 22.1. The number of methoxy groups -OCH3 is 1. The van der Waals surface area contributed by atoms with Gasteiger partial charge in [-0.3, -0.25) is 19.3 Å². The summed E-state index contributed by atoms with van der Waals surface area (Å²) in [7, 11) is 1.55. The first-order valence-electron chi connectivity index (χ1n) is 13.0. The van der Waals surface area contributed by atoms with Crippen LogP contribution in [0.3, 0.4) is 0 Å². The molecule has 1 amide bonds. The van der Waals surface area contributed by atoms with Gasteiger partial charge in [-0.05, 0) is 42.7 Å². The average molecular weight is 529 g/mol. The molecule has 4 rings (SSSR count). The molecule has 1 saturated heterocycles. The Morgan fingerprint density at radius 2 is 1.84 bits per heavy atom. The van der Waals surface area contributed by atoms with Gasteiger partial charge in [-0.1, -0.05) is 32.0 Å². The number of fused-ring (bicyclic) bond motifs is 1. The van der Waals surface area contributed by atoms with Crippen LogP contribution in [0.25, 0.3) is 0 Å². The van der Waals surface area contributed by atoms with E-state index < -0.39 is 23.8 Å². The Kier molecular flexibility index (Phi) is 9.30. The fourth-order valence-electron chi connectivity index (χ4n) is 5.01. The topological polar surface area (TPSA) is 107 Å². The molecule has 10 heteroatoms. The summed E-state index contributed by atoms with van der Waals surface area (Å²) in [6, 6.07) is 12.1. The number of hydrogen-bond donors (Lipinski definition) is 1. The number of rotatable bonds is 13. The van der Waals surface area contributed by atoms with Gasteiger partial charge in [0.15, 0.2) is 23.0 Å². The van der Waals surface area contributed by atoms with Crippen molar-refractivity contribution in [3.63, 3.8) is 0 Å². The quantitative estimate of drug-likeness (QED) is 0.391. The van der Waals surface area contributed by atoms with E-state index in [-0.39, 0.29) is 25.9 Å². The van der Waals surface area contributed by atoms with Gasteiger partial charge in [0.2, 0.25) is 6.79 Å². The Bertz CT molecular complexity index is 1110. The van der Waals surface area contributed by atoms with Crippen molar-refractivity contribution in [1.82, 2.24) is 9.96 Å². The van der Waals surface area contributed by atoms with Crippen molar-refractivity contribution in [3.8, 4) is 23.0 Å². The summed E-state index contributed by atoms with van der Waals surface area (Å²) in [5.74, 6) is -0.103. The lowest BCUT2D eigenvalue weighted by Crippen LogP contribution is -2.46. The fourth-order valence-corrected chi connectivity index (χ4v) is 5.01. The van der Waals surface area contributed by atoms with Gasteiger partial charge in [0.1, 0.15) is 6.61 Å². The molecule has 3 unspecified atom stereocenters. The van der Waals surface area contributed by atoms with E-state index in [0.717, 1.165) is 18.4 Å². The van der Waals surface area contributed by atoms with Gasteiger partial charge in [0.05, 0.1) is 32.2 Å². The van der Waals surface area contributed by atoms with Crippen LogP contribution in [0.2, 0.25) is 0 Å². The normalized spacial score (nSPS) is 20.3. The van der Waals surface area contributed by atoms with Crippen LogP contribution < -0.4 is 18.9 Å². The lowest BCUT2D eigenvalue weighted by Gasteiger charge is -2.29. The first-order chi connectivity index (χ1) is 18.5. The van der Waals surface area contributed by atoms with Crippen LogP contribution in [0.1, 0.15) is 38.2 Å². The van der Waals surface area contributed by atoms with Crippen LogP contribution in [0.5, 0.6) is 23.0 Å². The molecule has 206 valence electrons. The van der Waals surface area contributed by atoms with Gasteiger partial charge in [-0.15, -0.1) is 0 Å². The smallest absolute Gasteiger partial charge is 0.308 e. The number of carboxylic acids is 1. The SMILES string of the molecule is CCCON(CCC)C(=O)CN1CC(c2ccc3c(c2)OCO3)C(C(=O)O)C1COc1ccccc1OC. The molecule has 1 N–H and O–H groups in total. The predicted molar refractivity (Wildman–Crippen MR) is 139 cm³/mol. The Balaban J connectivity index is 1.62. The summed E-state index contributed by atoms with van der Waals surface area (Å²) in [5, 5.41) is 11.8. The molecule has 2 heterocycles. The number of likely N-dealkylation sites (tertiary alicyclic amines) is 1. The largest absolute Gasteiger partial charge is 0.493 e. The molecule has 2 aromatic carbocycles. The summed E-state index contributed by atoms with van der Waals surface area (Å²) < 4.78 is 22.5. The van der Waals surface area contributed by atoms with E-state index in [2.05, 4.69) is 0 Å². The van der Waals surface area contributed by atoms with E-state index in [1.807, 2.05) is 43.0 Å². The highest BCUT2D eigenvalue weighted by Gasteiger charge is 2.48. The van der Waals surface area contributed by atoms with Crippen molar-refractivity contribution < 1.29 is 38.5 Å². The minimum absolute atomic E-state index is 0.00843. The van der Waals surface area contributed by atoms with Crippen molar-refractivity contribution in [2.45, 2.75) is 38.6 Å². The van der Waals surface area contributed by atoms with Crippen LogP contribution in [-0.2, 0) is 14.4 Å². The number of ether oxygens (including phenoxy) is 4. The van der Waals surface area contributed by atoms with Crippen molar-refractivity contribution in [3.05, 3.63) is 48.0 Å². The third kappa shape index (κ3) is 6.14. The summed E-state index contributed by atoms with van der Waals surface area (Å²) >= 11 is 0. The van der Waals surface area contributed by atoms with Gasteiger partial charge in [-0.25, -0.2) is 5.06 Å². The highest BCUT2D eigenvalue weighted by atomic mass is 16.7. The summed E-state index contributed by atoms with van der Waals surface area (Å²) in [6.45, 7) is 5.42. The molecule has 3 atom stereocenters. The number of aliphatic carboxylic acids is 1. The molecule has 2 aliphatic heterocycles. The highest BCUT2D eigenvalue weighted by Crippen LogP contribution is 2.42. The maximum absolute atomic E-state index is 13.3. The van der Waals surface area contributed by atoms with Gasteiger partial charge >= 0.3 is 5.97 Å². The minimum Gasteiger partial charge on any atom is -0.493 e. The third-order valence-corrected chi connectivity index (χ3v) is 6.83. The Labute approximate surface area is 222 Å². The second-order valence-electron chi connectivity index (χ2n) is 9.37. The molecule has 0 spiro atoms. The molecule has 0 saturated carbocycles. The van der Waals surface area contributed by atoms with Crippen molar-refractivity contribution in [1.29, 1.82) is 0 Å². The molecule has 38 heavy (non-hydrogen) atoms. The van der Waals surface area contributed by atoms with Gasteiger partial charge in [-0.2, -0.15) is 0 Å². The van der Waals surface area contributed by atoms with Crippen molar-refractivity contribution in [2.75, 3.05) is 46.8 Å². The van der Waals surface area contributed by atoms with E-state index in [1.54, 1.807) is 25.3 Å². The van der Waals surface area contributed by atoms with Crippen LogP contribution in [0.4, 0.5) is 0 Å². The Morgan fingerprint density at radius 3 is 2.55 bits per heavy atom. The Morgan fingerprint density at radius 1 is 1.08 bits per heavy atom. The number of carbonyl (C=O) groups excluding carboxylic acids is 1. The van der Waals surface area contributed by atoms with E-state index in [1.165, 1.54) is 5.06 Å². The van der Waals surface area contributed by atoms with Gasteiger partial charge in [0, 0.05) is 19.0 Å². The lowest BCUT2D eigenvalue weighted by atomic mass is 9.85. The summed E-state index contributed by atoms with van der Waals surface area (Å²) in [4.78, 5) is 33.6. The van der Waals surface area contributed by atoms with Gasteiger partial charge < -0.3 is 24.1 Å². The molecule has 2 aliphatic rings. The summed E-state index contributed by atoms with van der Waals surface area (Å²) in [6.07, 6.45) is 1.52. The third-order valence-electron chi connectivity index (χ3n) is 6.83. The Hall–Kier alpha value is -3.50. The zero-order valence-electron chi connectivity index (χ0n) is 22.1. The monoisotopic (exact) mass is 528 g/mol. The van der Waals surface area contributed by atoms with E-state index >= 15 is 0 Å². The number of nitrogens with zero attached hydrogens (tertiary/aromatic N) is 2. The maximum atomic E-state index is 13.3. The molecule has 2 aromatic rings. The van der Waals surface area contributed by atoms with Crippen molar-refractivity contribution in [2.24, 2.45) is 5.92 Å². The summed E-state index contributed by atoms with van der Waals surface area (Å²) in [5.41, 5.74) is 0.812. The fraction of sp³-hybridized carbons (Fsp3) is 0.500. The second-order valence-corrected chi connectivity index (χ2v) is 9.37. The number of benzene rings is 2. The number of carboxylic acid groups (broad SMARTS) is 1. The first-order valence-corrected chi connectivity index (χ1v) is 13.0. The molecular weight excluding hydrogens is 492 g/mol. The van der Waals surface area contributed by atoms with Crippen molar-refractivity contribution >= 4 is 11.9 Å². The molecular formula is C28H36N2O8. The average Bonchev–Trinajstić information content (AvgIpc) is 3.54. The van der Waals surface area contributed by atoms with Crippen LogP contribution in [0, 0.1) is 5.92 Å². The second kappa shape index (κ2) is 12.8. The van der Waals surface area contributed by atoms with Crippen LogP contribution in [0.15, 0.2) is 42.5 Å². The molecule has 0 aliphatic carbocycles. The molecule has 1 fully saturated rings. The standard InChI is InChI=1S/C28H36N2O8/c1-4-12-30(38-13-5-2)26(31)16-29-15-20(19-10-11-24-25(14-19)37-18-36-24)27(28(32)33)21(29)17-35-23-9-7-6-8-22(23)34-3/h6-11,14,20-21,27H,4-5,12-13,15-18H2,1-3H3,(H,32,33). The number of amides is 1. The van der Waals surface area contributed by atoms with Gasteiger partial charge in [0.25, 0.3) is 5.91 Å². The molecule has 10 nitrogen and oxygen atoms in total. The van der Waals surface area contributed by atoms with E-state index in [9.17, 15) is 14.7 Å². The predicted octanol–water partition coefficient (Wildman–Crippen LogP) is 3.55. The first kappa shape index (κ1) is 27.5. The number of hydrogen-bond acceptors (Lipinski definition) is 8. The minimum atomic E-state index is -0.955. The highest BCUT2D eigenvalue weighted by molar-refractivity contribution is 5.78. The molecule has 0 radical (unpaired) electrons. The van der Waals surface area contributed by atoms with E-state index in [0.29, 0.717) is 42.7 Å². The molecule has 0 bridgehead atoms. The number of hydroxylamine groups is 2. The number of carbonyl (C=O) groups is 2. The lowest BCUT2D eigenvalue weighted by molar-refractivity contribution is -0.188. The van der Waals surface area contributed by atoms with E-state index in [4.69, 9.17) is 23.8 Å². The van der Waals surface area contributed by atoms with Crippen LogP contribution in [-0.4, -0.2) is 79.7 Å². The zero-order chi connectivity index (χ0) is 27.1. The maximum Gasteiger partial charge on any atom is 0.308 e. The number of para-hydroxylation sites is 2.